The van der Waals surface area contributed by atoms with Crippen LogP contribution in [0.2, 0.25) is 0 Å². The van der Waals surface area contributed by atoms with Crippen LogP contribution in [0.3, 0.4) is 0 Å². The molecule has 0 saturated carbocycles. The Morgan fingerprint density at radius 3 is 2.35 bits per heavy atom. The van der Waals surface area contributed by atoms with E-state index in [1.807, 2.05) is 13.0 Å². The number of alkyl halides is 3. The molecule has 0 unspecified atom stereocenters. The maximum atomic E-state index is 13.9. The first-order valence-electron chi connectivity index (χ1n) is 13.0. The normalized spacial score (nSPS) is 11.1. The van der Waals surface area contributed by atoms with Crippen molar-refractivity contribution in [3.63, 3.8) is 0 Å². The Balaban J connectivity index is 1.31. The van der Waals surface area contributed by atoms with E-state index < -0.39 is 23.6 Å². The molecule has 0 saturated heterocycles. The van der Waals surface area contributed by atoms with Crippen molar-refractivity contribution in [1.29, 1.82) is 0 Å². The van der Waals surface area contributed by atoms with Gasteiger partial charge in [0, 0.05) is 60.0 Å². The quantitative estimate of drug-likeness (QED) is 0.199. The van der Waals surface area contributed by atoms with Crippen LogP contribution in [0.15, 0.2) is 97.7 Å². The van der Waals surface area contributed by atoms with Gasteiger partial charge in [0.1, 0.15) is 0 Å². The summed E-state index contributed by atoms with van der Waals surface area (Å²) in [4.78, 5) is 42.0. The molecule has 9 nitrogen and oxygen atoms in total. The molecule has 0 aliphatic carbocycles. The lowest BCUT2D eigenvalue weighted by Crippen LogP contribution is -2.25. The monoisotopic (exact) mass is 583 g/mol. The van der Waals surface area contributed by atoms with E-state index in [9.17, 15) is 22.8 Å². The molecule has 216 valence electrons. The number of pyridine rings is 2. The predicted molar refractivity (Wildman–Crippen MR) is 155 cm³/mol. The number of hydrogen-bond donors (Lipinski definition) is 3. The minimum Gasteiger partial charge on any atom is -0.348 e. The number of aryl methyl sites for hydroxylation is 1. The van der Waals surface area contributed by atoms with Gasteiger partial charge in [-0.25, -0.2) is 9.97 Å². The molecule has 0 fully saturated rings. The summed E-state index contributed by atoms with van der Waals surface area (Å²) in [6, 6.07) is 16.7. The lowest BCUT2D eigenvalue weighted by Gasteiger charge is -2.16. The molecule has 2 aromatic carbocycles. The van der Waals surface area contributed by atoms with Crippen LogP contribution < -0.4 is 16.0 Å². The number of hydrogen-bond acceptors (Lipinski definition) is 7. The SMILES string of the molecule is Cc1ccc(NC(=O)c2ccc(CNC(=O)c3cccnc3)c(C(F)(F)F)c2)cc1Nc1nccc(-c2cccnc2)n1. The first kappa shape index (κ1) is 28.9. The first-order chi connectivity index (χ1) is 20.7. The van der Waals surface area contributed by atoms with Crippen molar-refractivity contribution in [3.8, 4) is 11.3 Å². The van der Waals surface area contributed by atoms with Crippen molar-refractivity contribution in [2.24, 2.45) is 0 Å². The summed E-state index contributed by atoms with van der Waals surface area (Å²) in [5, 5.41) is 8.23. The van der Waals surface area contributed by atoms with Crippen molar-refractivity contribution >= 4 is 29.1 Å². The maximum Gasteiger partial charge on any atom is 0.416 e. The molecular formula is C31H24F3N7O2. The number of anilines is 3. The van der Waals surface area contributed by atoms with E-state index >= 15 is 0 Å². The minimum absolute atomic E-state index is 0.184. The molecule has 5 rings (SSSR count). The largest absolute Gasteiger partial charge is 0.416 e. The van der Waals surface area contributed by atoms with E-state index in [1.165, 1.54) is 30.6 Å². The van der Waals surface area contributed by atoms with Crippen LogP contribution in [0.5, 0.6) is 0 Å². The maximum absolute atomic E-state index is 13.9. The molecule has 0 spiro atoms. The summed E-state index contributed by atoms with van der Waals surface area (Å²) in [5.74, 6) is -0.990. The van der Waals surface area contributed by atoms with Gasteiger partial charge < -0.3 is 16.0 Å². The summed E-state index contributed by atoms with van der Waals surface area (Å²) in [6.45, 7) is 1.46. The Hall–Kier alpha value is -5.65. The number of carbonyl (C=O) groups excluding carboxylic acids is 2. The molecule has 5 aromatic rings. The molecule has 2 amide bonds. The van der Waals surface area contributed by atoms with Crippen LogP contribution >= 0.6 is 0 Å². The van der Waals surface area contributed by atoms with Gasteiger partial charge in [0.2, 0.25) is 5.95 Å². The molecule has 12 heteroatoms. The average Bonchev–Trinajstić information content (AvgIpc) is 3.02. The fourth-order valence-electron chi connectivity index (χ4n) is 4.16. The van der Waals surface area contributed by atoms with Gasteiger partial charge >= 0.3 is 6.18 Å². The molecule has 0 bridgehead atoms. The van der Waals surface area contributed by atoms with Gasteiger partial charge in [0.25, 0.3) is 11.8 Å². The molecule has 0 radical (unpaired) electrons. The zero-order chi connectivity index (χ0) is 30.4. The van der Waals surface area contributed by atoms with Gasteiger partial charge in [0.05, 0.1) is 16.8 Å². The number of amides is 2. The minimum atomic E-state index is -4.75. The Kier molecular flexibility index (Phi) is 8.37. The number of benzene rings is 2. The number of nitrogens with zero attached hydrogens (tertiary/aromatic N) is 4. The smallest absolute Gasteiger partial charge is 0.348 e. The Morgan fingerprint density at radius 2 is 1.63 bits per heavy atom. The van der Waals surface area contributed by atoms with Crippen molar-refractivity contribution in [2.45, 2.75) is 19.6 Å². The Morgan fingerprint density at radius 1 is 0.837 bits per heavy atom. The molecule has 0 aliphatic heterocycles. The second-order valence-corrected chi connectivity index (χ2v) is 9.41. The third kappa shape index (κ3) is 7.17. The standard InChI is InChI=1S/C31H24F3N7O2/c1-19-6-9-24(15-27(19)41-30-37-13-10-26(40-30)22-4-2-11-35-16-22)39-29(43)20-7-8-21(25(14-20)31(32,33)34)18-38-28(42)23-5-3-12-36-17-23/h2-17H,18H2,1H3,(H,38,42)(H,39,43)(H,37,40,41). The summed E-state index contributed by atoms with van der Waals surface area (Å²) >= 11 is 0. The Labute approximate surface area is 244 Å². The van der Waals surface area contributed by atoms with Gasteiger partial charge in [-0.2, -0.15) is 13.2 Å². The number of nitrogens with one attached hydrogen (secondary N) is 3. The molecule has 0 aliphatic rings. The third-order valence-corrected chi connectivity index (χ3v) is 6.40. The summed E-state index contributed by atoms with van der Waals surface area (Å²) in [5.41, 5.74) is 2.05. The van der Waals surface area contributed by atoms with Gasteiger partial charge in [0.15, 0.2) is 0 Å². The van der Waals surface area contributed by atoms with Crippen molar-refractivity contribution in [3.05, 3.63) is 126 Å². The van der Waals surface area contributed by atoms with Gasteiger partial charge in [-0.3, -0.25) is 19.6 Å². The number of halogens is 3. The lowest BCUT2D eigenvalue weighted by atomic mass is 10.0. The van der Waals surface area contributed by atoms with Gasteiger partial charge in [-0.05, 0) is 72.6 Å². The molecule has 0 atom stereocenters. The second-order valence-electron chi connectivity index (χ2n) is 9.41. The topological polar surface area (TPSA) is 122 Å². The number of rotatable bonds is 8. The first-order valence-corrected chi connectivity index (χ1v) is 13.0. The van der Waals surface area contributed by atoms with Crippen LogP contribution in [-0.2, 0) is 12.7 Å². The van der Waals surface area contributed by atoms with Gasteiger partial charge in [-0.1, -0.05) is 12.1 Å². The van der Waals surface area contributed by atoms with Crippen LogP contribution in [0.4, 0.5) is 30.5 Å². The van der Waals surface area contributed by atoms with E-state index in [0.717, 1.165) is 17.2 Å². The lowest BCUT2D eigenvalue weighted by molar-refractivity contribution is -0.138. The van der Waals surface area contributed by atoms with Crippen LogP contribution in [-0.4, -0.2) is 31.8 Å². The third-order valence-electron chi connectivity index (χ3n) is 6.40. The second kappa shape index (κ2) is 12.5. The van der Waals surface area contributed by atoms with Crippen LogP contribution in [0.25, 0.3) is 11.3 Å². The summed E-state index contributed by atoms with van der Waals surface area (Å²) in [6.07, 6.45) is 2.99. The van der Waals surface area contributed by atoms with Crippen molar-refractivity contribution in [1.82, 2.24) is 25.3 Å². The van der Waals surface area contributed by atoms with Crippen LogP contribution in [0, 0.1) is 6.92 Å². The number of aromatic nitrogens is 4. The fourth-order valence-corrected chi connectivity index (χ4v) is 4.16. The van der Waals surface area contributed by atoms with E-state index in [1.54, 1.807) is 55.0 Å². The van der Waals surface area contributed by atoms with Crippen molar-refractivity contribution < 1.29 is 22.8 Å². The van der Waals surface area contributed by atoms with E-state index in [4.69, 9.17) is 0 Å². The highest BCUT2D eigenvalue weighted by atomic mass is 19.4. The summed E-state index contributed by atoms with van der Waals surface area (Å²) < 4.78 is 41.8. The van der Waals surface area contributed by atoms with E-state index in [2.05, 4.69) is 35.9 Å². The van der Waals surface area contributed by atoms with E-state index in [0.29, 0.717) is 23.0 Å². The zero-order valence-electron chi connectivity index (χ0n) is 22.7. The predicted octanol–water partition coefficient (Wildman–Crippen LogP) is 6.19. The molecule has 3 heterocycles. The molecular weight excluding hydrogens is 559 g/mol. The highest BCUT2D eigenvalue weighted by Gasteiger charge is 2.34. The molecule has 3 N–H and O–H groups in total. The van der Waals surface area contributed by atoms with Crippen molar-refractivity contribution in [2.75, 3.05) is 10.6 Å². The van der Waals surface area contributed by atoms with Crippen LogP contribution in [0.1, 0.15) is 37.4 Å². The van der Waals surface area contributed by atoms with Gasteiger partial charge in [-0.15, -0.1) is 0 Å². The Bertz CT molecular complexity index is 1770. The average molecular weight is 584 g/mol. The summed E-state index contributed by atoms with van der Waals surface area (Å²) in [7, 11) is 0. The molecule has 3 aromatic heterocycles. The zero-order valence-corrected chi connectivity index (χ0v) is 22.7. The number of carbonyl (C=O) groups is 2. The fraction of sp³-hybridized carbons (Fsp3) is 0.0968. The molecule has 43 heavy (non-hydrogen) atoms. The van der Waals surface area contributed by atoms with E-state index in [-0.39, 0.29) is 23.2 Å². The highest BCUT2D eigenvalue weighted by Crippen LogP contribution is 2.33. The highest BCUT2D eigenvalue weighted by molar-refractivity contribution is 6.04.